The van der Waals surface area contributed by atoms with Gasteiger partial charge in [-0.3, -0.25) is 4.48 Å². The molecule has 0 heterocycles. The fraction of sp³-hybridized carbons (Fsp3) is 0.853. The molecule has 0 fully saturated rings. The zero-order valence-corrected chi connectivity index (χ0v) is 26.9. The van der Waals surface area contributed by atoms with E-state index in [0.717, 1.165) is 12.8 Å². The summed E-state index contributed by atoms with van der Waals surface area (Å²) in [4.78, 5) is 36.6. The minimum absolute atomic E-state index is 0.110. The number of hydrogen-bond donors (Lipinski definition) is 2. The molecular weight excluding hydrogens is 518 g/mol. The Balaban J connectivity index is 4.50. The molecule has 0 saturated carbocycles. The lowest BCUT2D eigenvalue weighted by molar-refractivity contribution is -0.974. The van der Waals surface area contributed by atoms with Crippen molar-refractivity contribution in [3.63, 3.8) is 0 Å². The second kappa shape index (κ2) is 24.7. The zero-order chi connectivity index (χ0) is 30.9. The summed E-state index contributed by atoms with van der Waals surface area (Å²) in [6.07, 6.45) is 27.1. The van der Waals surface area contributed by atoms with Gasteiger partial charge in [0.15, 0.2) is 12.1 Å². The monoisotopic (exact) mass is 581 g/mol. The third-order valence-electron chi connectivity index (χ3n) is 8.82. The van der Waals surface area contributed by atoms with Gasteiger partial charge in [-0.05, 0) is 12.8 Å². The van der Waals surface area contributed by atoms with Gasteiger partial charge in [0.25, 0.3) is 0 Å². The molecule has 7 heteroatoms. The molecular formula is C34H63NO6. The lowest BCUT2D eigenvalue weighted by atomic mass is 9.94. The Morgan fingerprint density at radius 3 is 1.22 bits per heavy atom. The molecule has 0 spiro atoms. The van der Waals surface area contributed by atoms with Gasteiger partial charge < -0.3 is 20.1 Å². The van der Waals surface area contributed by atoms with Gasteiger partial charge in [0.2, 0.25) is 0 Å². The molecule has 7 nitrogen and oxygen atoms in total. The summed E-state index contributed by atoms with van der Waals surface area (Å²) >= 11 is 0. The molecule has 0 aliphatic carbocycles. The van der Waals surface area contributed by atoms with Crippen LogP contribution in [0.2, 0.25) is 0 Å². The number of carbonyl (C=O) groups is 3. The van der Waals surface area contributed by atoms with Gasteiger partial charge in [-0.15, -0.1) is 0 Å². The molecule has 41 heavy (non-hydrogen) atoms. The molecule has 0 aliphatic heterocycles. The molecule has 0 saturated heterocycles. The van der Waals surface area contributed by atoms with E-state index in [1.807, 2.05) is 6.08 Å². The lowest BCUT2D eigenvalue weighted by Gasteiger charge is -2.51. The van der Waals surface area contributed by atoms with Crippen molar-refractivity contribution in [2.75, 3.05) is 6.54 Å². The molecule has 0 aromatic rings. The average molecular weight is 582 g/mol. The van der Waals surface area contributed by atoms with Gasteiger partial charge in [0.1, 0.15) is 6.04 Å². The summed E-state index contributed by atoms with van der Waals surface area (Å²) < 4.78 is -0.514. The summed E-state index contributed by atoms with van der Waals surface area (Å²) in [6.45, 7) is 7.41. The van der Waals surface area contributed by atoms with E-state index < -0.39 is 40.5 Å². The van der Waals surface area contributed by atoms with E-state index in [9.17, 15) is 29.7 Å². The Morgan fingerprint density at radius 1 is 0.561 bits per heavy atom. The van der Waals surface area contributed by atoms with E-state index in [2.05, 4.69) is 13.0 Å². The molecule has 0 rings (SSSR count). The number of nitrogens with zero attached hydrogens (tertiary/aromatic N) is 1. The number of hydrogen-bond acceptors (Lipinski definition) is 4. The highest BCUT2D eigenvalue weighted by molar-refractivity contribution is 5.77. The van der Waals surface area contributed by atoms with Crippen molar-refractivity contribution in [3.8, 4) is 0 Å². The highest BCUT2D eigenvalue weighted by Gasteiger charge is 2.53. The van der Waals surface area contributed by atoms with E-state index in [4.69, 9.17) is 0 Å². The first kappa shape index (κ1) is 39.1. The van der Waals surface area contributed by atoms with Crippen LogP contribution in [0, 0.1) is 0 Å². The maximum atomic E-state index is 12.2. The van der Waals surface area contributed by atoms with Gasteiger partial charge in [0, 0.05) is 25.7 Å². The molecule has 0 aromatic carbocycles. The van der Waals surface area contributed by atoms with Crippen molar-refractivity contribution in [3.05, 3.63) is 12.2 Å². The van der Waals surface area contributed by atoms with E-state index >= 15 is 0 Å². The quantitative estimate of drug-likeness (QED) is 0.0532. The molecule has 0 aromatic heterocycles. The molecule has 0 bridgehead atoms. The topological polar surface area (TPSA) is 115 Å². The molecule has 3 unspecified atom stereocenters. The van der Waals surface area contributed by atoms with Crippen LogP contribution in [0.1, 0.15) is 163 Å². The number of carbonyl (C=O) groups excluding carboxylic acids is 1. The number of allylic oxidation sites excluding steroid dienone is 1. The van der Waals surface area contributed by atoms with Gasteiger partial charge in [-0.25, -0.2) is 9.59 Å². The summed E-state index contributed by atoms with van der Waals surface area (Å²) in [5.41, 5.74) is 0. The standard InChI is InChI=1S/C34H63NO6/c1-5-9-10-11-12-13-14-15-16-17-18-19-20-21-22-23-24-25-26-27-28-35(29(6-2)32(36)37,30(7-3)33(38)39)31(8-4)34(40)41/h25-26,29-31H,5-24,27-28H2,1-4H3,(H2-,36,37,38,39,40,41)/b26-25+. The number of rotatable bonds is 29. The first-order valence-electron chi connectivity index (χ1n) is 16.9. The predicted octanol–water partition coefficient (Wildman–Crippen LogP) is 7.66. The predicted molar refractivity (Wildman–Crippen MR) is 166 cm³/mol. The molecule has 3 atom stereocenters. The fourth-order valence-electron chi connectivity index (χ4n) is 6.61. The summed E-state index contributed by atoms with van der Waals surface area (Å²) in [7, 11) is 0. The molecule has 240 valence electrons. The van der Waals surface area contributed by atoms with Gasteiger partial charge in [-0.2, -0.15) is 0 Å². The highest BCUT2D eigenvalue weighted by Crippen LogP contribution is 2.32. The third-order valence-corrected chi connectivity index (χ3v) is 8.82. The van der Waals surface area contributed by atoms with Crippen LogP contribution in [-0.4, -0.2) is 57.3 Å². The van der Waals surface area contributed by atoms with E-state index in [1.165, 1.54) is 96.3 Å². The van der Waals surface area contributed by atoms with Crippen LogP contribution in [0.3, 0.4) is 0 Å². The van der Waals surface area contributed by atoms with Crippen molar-refractivity contribution in [2.45, 2.75) is 181 Å². The van der Waals surface area contributed by atoms with Crippen LogP contribution in [0.25, 0.3) is 0 Å². The van der Waals surface area contributed by atoms with Gasteiger partial charge >= 0.3 is 11.9 Å². The maximum absolute atomic E-state index is 12.2. The fourth-order valence-corrected chi connectivity index (χ4v) is 6.61. The number of aliphatic carboxylic acids is 3. The van der Waals surface area contributed by atoms with Crippen LogP contribution in [0.15, 0.2) is 12.2 Å². The van der Waals surface area contributed by atoms with Crippen molar-refractivity contribution in [1.82, 2.24) is 0 Å². The number of carboxylic acid groups (broad SMARTS) is 3. The Bertz CT molecular complexity index is 667. The Hall–Kier alpha value is -1.89. The Kier molecular flexibility index (Phi) is 23.5. The van der Waals surface area contributed by atoms with E-state index in [-0.39, 0.29) is 25.8 Å². The summed E-state index contributed by atoms with van der Waals surface area (Å²) in [5, 5.41) is 32.1. The van der Waals surface area contributed by atoms with Gasteiger partial charge in [0.05, 0.1) is 12.5 Å². The van der Waals surface area contributed by atoms with E-state index in [0.29, 0.717) is 6.42 Å². The van der Waals surface area contributed by atoms with Crippen molar-refractivity contribution >= 4 is 17.9 Å². The second-order valence-corrected chi connectivity index (χ2v) is 11.8. The number of carboxylic acids is 3. The minimum atomic E-state index is -1.39. The first-order valence-corrected chi connectivity index (χ1v) is 16.9. The van der Waals surface area contributed by atoms with Crippen LogP contribution >= 0.6 is 0 Å². The number of unbranched alkanes of at least 4 members (excludes halogenated alkanes) is 16. The van der Waals surface area contributed by atoms with Crippen molar-refractivity contribution < 1.29 is 34.2 Å². The summed E-state index contributed by atoms with van der Waals surface area (Å²) in [6, 6.07) is -3.47. The minimum Gasteiger partial charge on any atom is -0.544 e. The number of quaternary nitrogens is 1. The first-order chi connectivity index (χ1) is 19.7. The molecule has 0 amide bonds. The third kappa shape index (κ3) is 15.2. The van der Waals surface area contributed by atoms with Crippen LogP contribution in [-0.2, 0) is 14.4 Å². The average Bonchev–Trinajstić information content (AvgIpc) is 2.92. The molecule has 0 aliphatic rings. The van der Waals surface area contributed by atoms with Crippen LogP contribution in [0.5, 0.6) is 0 Å². The van der Waals surface area contributed by atoms with Crippen LogP contribution < -0.4 is 5.11 Å². The molecule has 0 radical (unpaired) electrons. The largest absolute Gasteiger partial charge is 0.544 e. The SMILES string of the molecule is CCCCCCCCCCCCCCCCCC/C=C/CC[N+](C(CC)C(=O)[O-])(C(CC)C(=O)O)C(CC)C(=O)O. The Morgan fingerprint density at radius 2 is 0.902 bits per heavy atom. The van der Waals surface area contributed by atoms with Gasteiger partial charge in [-0.1, -0.05) is 136 Å². The smallest absolute Gasteiger partial charge is 0.362 e. The van der Waals surface area contributed by atoms with Crippen molar-refractivity contribution in [2.24, 2.45) is 0 Å². The van der Waals surface area contributed by atoms with E-state index in [1.54, 1.807) is 20.8 Å². The normalized spacial score (nSPS) is 15.4. The second-order valence-electron chi connectivity index (χ2n) is 11.8. The molecule has 2 N–H and O–H groups in total. The lowest BCUT2D eigenvalue weighted by Crippen LogP contribution is -2.73. The highest BCUT2D eigenvalue weighted by atomic mass is 16.4. The van der Waals surface area contributed by atoms with Crippen molar-refractivity contribution in [1.29, 1.82) is 0 Å². The zero-order valence-electron chi connectivity index (χ0n) is 26.9. The summed E-state index contributed by atoms with van der Waals surface area (Å²) in [5.74, 6) is -3.71. The van der Waals surface area contributed by atoms with Crippen LogP contribution in [0.4, 0.5) is 0 Å². The maximum Gasteiger partial charge on any atom is 0.362 e. The Labute approximate surface area is 251 Å².